The molecule has 2 amide bonds. The number of hydrogen-bond acceptors (Lipinski definition) is 4. The van der Waals surface area contributed by atoms with Crippen LogP contribution in [0.25, 0.3) is 16.9 Å². The van der Waals surface area contributed by atoms with Gasteiger partial charge in [0.15, 0.2) is 5.16 Å². The first-order chi connectivity index (χ1) is 15.5. The van der Waals surface area contributed by atoms with Crippen LogP contribution >= 0.6 is 11.8 Å². The highest BCUT2D eigenvalue weighted by Gasteiger charge is 2.27. The van der Waals surface area contributed by atoms with E-state index in [1.165, 1.54) is 22.9 Å². The zero-order valence-electron chi connectivity index (χ0n) is 18.5. The first kappa shape index (κ1) is 22.1. The summed E-state index contributed by atoms with van der Waals surface area (Å²) in [5, 5.41) is 0.773. The van der Waals surface area contributed by atoms with Gasteiger partial charge in [-0.15, -0.1) is 0 Å². The Balaban J connectivity index is 1.62. The van der Waals surface area contributed by atoms with Crippen LogP contribution in [0.3, 0.4) is 0 Å². The lowest BCUT2D eigenvalue weighted by atomic mass is 9.97. The summed E-state index contributed by atoms with van der Waals surface area (Å²) >= 11 is 1.43. The van der Waals surface area contributed by atoms with E-state index >= 15 is 0 Å². The van der Waals surface area contributed by atoms with Crippen molar-refractivity contribution in [2.75, 3.05) is 18.8 Å². The molecule has 1 fully saturated rings. The first-order valence-corrected chi connectivity index (χ1v) is 11.8. The number of nitrogens with two attached hydrogens (primary N) is 1. The van der Waals surface area contributed by atoms with Crippen molar-refractivity contribution in [3.05, 3.63) is 65.9 Å². The Morgan fingerprint density at radius 2 is 1.91 bits per heavy atom. The molecule has 166 valence electrons. The van der Waals surface area contributed by atoms with Crippen LogP contribution < -0.4 is 5.73 Å². The molecular formula is C25H28N4O2S. The largest absolute Gasteiger partial charge is 0.369 e. The van der Waals surface area contributed by atoms with Gasteiger partial charge in [0.05, 0.1) is 29.2 Å². The Morgan fingerprint density at radius 3 is 2.66 bits per heavy atom. The summed E-state index contributed by atoms with van der Waals surface area (Å²) in [5.74, 6) is -0.299. The monoisotopic (exact) mass is 448 g/mol. The number of carbonyl (C=O) groups is 2. The summed E-state index contributed by atoms with van der Waals surface area (Å²) in [4.78, 5) is 30.9. The fraction of sp³-hybridized carbons (Fsp3) is 0.320. The van der Waals surface area contributed by atoms with Gasteiger partial charge >= 0.3 is 0 Å². The summed E-state index contributed by atoms with van der Waals surface area (Å²) in [6.07, 6.45) is 3.43. The van der Waals surface area contributed by atoms with Crippen LogP contribution in [-0.4, -0.2) is 45.1 Å². The van der Waals surface area contributed by atoms with Crippen LogP contribution in [0.2, 0.25) is 0 Å². The fourth-order valence-corrected chi connectivity index (χ4v) is 5.00. The number of imidazole rings is 1. The minimum atomic E-state index is -0.326. The van der Waals surface area contributed by atoms with Gasteiger partial charge in [-0.05, 0) is 43.9 Å². The zero-order valence-corrected chi connectivity index (χ0v) is 19.3. The predicted molar refractivity (Wildman–Crippen MR) is 128 cm³/mol. The normalized spacial score (nSPS) is 16.2. The van der Waals surface area contributed by atoms with Crippen LogP contribution in [0.5, 0.6) is 0 Å². The highest BCUT2D eigenvalue weighted by Crippen LogP contribution is 2.32. The number of carbonyl (C=O) groups excluding carboxylic acids is 2. The third kappa shape index (κ3) is 4.58. The number of amides is 2. The van der Waals surface area contributed by atoms with Crippen LogP contribution in [0.15, 0.2) is 59.9 Å². The van der Waals surface area contributed by atoms with Crippen molar-refractivity contribution in [1.29, 1.82) is 0 Å². The number of rotatable bonds is 6. The van der Waals surface area contributed by atoms with Gasteiger partial charge in [-0.3, -0.25) is 14.2 Å². The van der Waals surface area contributed by atoms with Gasteiger partial charge in [-0.1, -0.05) is 54.2 Å². The smallest absolute Gasteiger partial charge is 0.233 e. The highest BCUT2D eigenvalue weighted by molar-refractivity contribution is 7.99. The SMILES string of the molecule is Cc1cccc(-n2c(-c3ccccc3)cnc2SCC(=O)N2CCC[C@@H](C(N)=O)C2)c1C. The number of benzene rings is 2. The van der Waals surface area contributed by atoms with Gasteiger partial charge < -0.3 is 10.6 Å². The second kappa shape index (κ2) is 9.61. The lowest BCUT2D eigenvalue weighted by Gasteiger charge is -2.31. The number of nitrogens with zero attached hydrogens (tertiary/aromatic N) is 3. The molecule has 1 aromatic heterocycles. The van der Waals surface area contributed by atoms with E-state index in [-0.39, 0.29) is 23.5 Å². The molecule has 1 aliphatic rings. The zero-order chi connectivity index (χ0) is 22.7. The maximum atomic E-state index is 12.9. The Kier molecular flexibility index (Phi) is 6.65. The van der Waals surface area contributed by atoms with E-state index in [2.05, 4.69) is 47.7 Å². The van der Waals surface area contributed by atoms with E-state index in [1.807, 2.05) is 30.5 Å². The molecule has 3 aromatic rings. The molecule has 6 nitrogen and oxygen atoms in total. The molecule has 2 heterocycles. The van der Waals surface area contributed by atoms with Crippen LogP contribution in [0.4, 0.5) is 0 Å². The first-order valence-electron chi connectivity index (χ1n) is 10.9. The maximum absolute atomic E-state index is 12.9. The average molecular weight is 449 g/mol. The molecule has 1 aliphatic heterocycles. The van der Waals surface area contributed by atoms with Crippen molar-refractivity contribution >= 4 is 23.6 Å². The minimum absolute atomic E-state index is 0.0118. The van der Waals surface area contributed by atoms with Crippen molar-refractivity contribution in [2.45, 2.75) is 31.8 Å². The molecule has 1 saturated heterocycles. The molecule has 4 rings (SSSR count). The van der Waals surface area contributed by atoms with Crippen molar-refractivity contribution in [3.63, 3.8) is 0 Å². The van der Waals surface area contributed by atoms with Gasteiger partial charge in [0, 0.05) is 18.7 Å². The van der Waals surface area contributed by atoms with E-state index in [9.17, 15) is 9.59 Å². The topological polar surface area (TPSA) is 81.2 Å². The molecule has 0 saturated carbocycles. The quantitative estimate of drug-likeness (QED) is 0.579. The Hall–Kier alpha value is -3.06. The van der Waals surface area contributed by atoms with Crippen molar-refractivity contribution in [1.82, 2.24) is 14.5 Å². The Morgan fingerprint density at radius 1 is 1.12 bits per heavy atom. The minimum Gasteiger partial charge on any atom is -0.369 e. The van der Waals surface area contributed by atoms with Crippen molar-refractivity contribution in [3.8, 4) is 16.9 Å². The number of likely N-dealkylation sites (tertiary alicyclic amines) is 1. The summed E-state index contributed by atoms with van der Waals surface area (Å²) in [6, 6.07) is 16.4. The highest BCUT2D eigenvalue weighted by atomic mass is 32.2. The maximum Gasteiger partial charge on any atom is 0.233 e. The third-order valence-corrected chi connectivity index (χ3v) is 7.05. The number of thioether (sulfide) groups is 1. The van der Waals surface area contributed by atoms with Crippen LogP contribution in [-0.2, 0) is 9.59 Å². The number of hydrogen-bond donors (Lipinski definition) is 1. The van der Waals surface area contributed by atoms with Crippen LogP contribution in [0, 0.1) is 19.8 Å². The molecule has 32 heavy (non-hydrogen) atoms. The van der Waals surface area contributed by atoms with Crippen molar-refractivity contribution < 1.29 is 9.59 Å². The molecule has 0 radical (unpaired) electrons. The number of piperidine rings is 1. The summed E-state index contributed by atoms with van der Waals surface area (Å²) in [6.45, 7) is 5.29. The molecule has 7 heteroatoms. The molecule has 0 bridgehead atoms. The van der Waals surface area contributed by atoms with Gasteiger partial charge in [-0.25, -0.2) is 4.98 Å². The molecule has 1 atom stereocenters. The van der Waals surface area contributed by atoms with Gasteiger partial charge in [0.2, 0.25) is 11.8 Å². The van der Waals surface area contributed by atoms with Gasteiger partial charge in [0.1, 0.15) is 0 Å². The predicted octanol–water partition coefficient (Wildman–Crippen LogP) is 3.97. The van der Waals surface area contributed by atoms with E-state index in [4.69, 9.17) is 5.73 Å². The lowest BCUT2D eigenvalue weighted by Crippen LogP contribution is -2.44. The molecule has 2 aromatic carbocycles. The number of primary amides is 1. The second-order valence-electron chi connectivity index (χ2n) is 8.22. The Labute approximate surface area is 192 Å². The standard InChI is InChI=1S/C25H28N4O2S/c1-17-8-6-12-21(18(17)2)29-22(19-9-4-3-5-10-19)14-27-25(29)32-16-23(30)28-13-7-11-20(15-28)24(26)31/h3-6,8-10,12,14,20H,7,11,13,15-16H2,1-2H3,(H2,26,31)/t20-/m1/s1. The lowest BCUT2D eigenvalue weighted by molar-refractivity contribution is -0.132. The summed E-state index contributed by atoms with van der Waals surface area (Å²) in [5.41, 5.74) is 11.0. The molecule has 0 aliphatic carbocycles. The van der Waals surface area contributed by atoms with Crippen molar-refractivity contribution in [2.24, 2.45) is 11.7 Å². The second-order valence-corrected chi connectivity index (χ2v) is 9.16. The number of aryl methyl sites for hydroxylation is 1. The summed E-state index contributed by atoms with van der Waals surface area (Å²) < 4.78 is 2.14. The molecule has 0 unspecified atom stereocenters. The van der Waals surface area contributed by atoms with E-state index in [1.54, 1.807) is 4.90 Å². The fourth-order valence-electron chi connectivity index (χ4n) is 4.11. The van der Waals surface area contributed by atoms with E-state index < -0.39 is 0 Å². The van der Waals surface area contributed by atoms with Gasteiger partial charge in [-0.2, -0.15) is 0 Å². The third-order valence-electron chi connectivity index (χ3n) is 6.12. The molecule has 2 N–H and O–H groups in total. The molecule has 0 spiro atoms. The van der Waals surface area contributed by atoms with Crippen LogP contribution in [0.1, 0.15) is 24.0 Å². The number of aromatic nitrogens is 2. The van der Waals surface area contributed by atoms with E-state index in [0.717, 1.165) is 34.9 Å². The average Bonchev–Trinajstić information content (AvgIpc) is 3.23. The Bertz CT molecular complexity index is 1130. The summed E-state index contributed by atoms with van der Waals surface area (Å²) in [7, 11) is 0. The van der Waals surface area contributed by atoms with E-state index in [0.29, 0.717) is 13.1 Å². The molecular weight excluding hydrogens is 420 g/mol. The van der Waals surface area contributed by atoms with Gasteiger partial charge in [0.25, 0.3) is 0 Å².